The van der Waals surface area contributed by atoms with E-state index in [9.17, 15) is 9.59 Å². The van der Waals surface area contributed by atoms with Crippen LogP contribution in [0.3, 0.4) is 0 Å². The van der Waals surface area contributed by atoms with Crippen LogP contribution < -0.4 is 10.6 Å². The fourth-order valence-corrected chi connectivity index (χ4v) is 1.92. The van der Waals surface area contributed by atoms with Gasteiger partial charge in [0, 0.05) is 18.5 Å². The van der Waals surface area contributed by atoms with Crippen LogP contribution in [0.1, 0.15) is 18.5 Å². The molecule has 2 rings (SSSR count). The van der Waals surface area contributed by atoms with Crippen molar-refractivity contribution in [2.45, 2.75) is 25.5 Å². The van der Waals surface area contributed by atoms with Crippen molar-refractivity contribution in [3.63, 3.8) is 0 Å². The van der Waals surface area contributed by atoms with Crippen molar-refractivity contribution in [1.82, 2.24) is 10.3 Å². The Morgan fingerprint density at radius 1 is 1.55 bits per heavy atom. The largest absolute Gasteiger partial charge is 0.368 e. The number of carbonyl (C=O) groups excluding carboxylic acids is 2. The maximum atomic E-state index is 11.8. The number of pyridine rings is 1. The lowest BCUT2D eigenvalue weighted by Gasteiger charge is -2.10. The second-order valence-electron chi connectivity index (χ2n) is 4.45. The number of anilines is 1. The molecule has 1 aliphatic rings. The van der Waals surface area contributed by atoms with Crippen molar-refractivity contribution in [1.29, 1.82) is 0 Å². The van der Waals surface area contributed by atoms with Crippen LogP contribution in [0, 0.1) is 0 Å². The van der Waals surface area contributed by atoms with Gasteiger partial charge in [0.2, 0.25) is 11.8 Å². The van der Waals surface area contributed by atoms with Crippen LogP contribution in [0.15, 0.2) is 31.0 Å². The van der Waals surface area contributed by atoms with Crippen molar-refractivity contribution in [3.8, 4) is 0 Å². The summed E-state index contributed by atoms with van der Waals surface area (Å²) in [5, 5.41) is 5.42. The number of nitrogens with one attached hydrogen (secondary N) is 2. The lowest BCUT2D eigenvalue weighted by Crippen LogP contribution is -2.33. The molecule has 1 saturated heterocycles. The third-order valence-electron chi connectivity index (χ3n) is 2.94. The lowest BCUT2D eigenvalue weighted by molar-refractivity contribution is -0.130. The fourth-order valence-electron chi connectivity index (χ4n) is 1.92. The Morgan fingerprint density at radius 3 is 3.10 bits per heavy atom. The Balaban J connectivity index is 1.89. The van der Waals surface area contributed by atoms with Gasteiger partial charge in [-0.05, 0) is 31.1 Å². The molecule has 1 atom stereocenters. The van der Waals surface area contributed by atoms with E-state index in [-0.39, 0.29) is 17.9 Å². The summed E-state index contributed by atoms with van der Waals surface area (Å²) >= 11 is 0. The molecule has 0 radical (unpaired) electrons. The highest BCUT2D eigenvalue weighted by molar-refractivity contribution is 5.98. The summed E-state index contributed by atoms with van der Waals surface area (Å²) in [6.07, 6.45) is 4.10. The van der Waals surface area contributed by atoms with Gasteiger partial charge < -0.3 is 15.4 Å². The zero-order valence-corrected chi connectivity index (χ0v) is 11.1. The summed E-state index contributed by atoms with van der Waals surface area (Å²) in [6, 6.07) is 3.38. The third kappa shape index (κ3) is 3.89. The molecule has 1 aliphatic heterocycles. The van der Waals surface area contributed by atoms with E-state index >= 15 is 0 Å². The van der Waals surface area contributed by atoms with Crippen LogP contribution in [0.4, 0.5) is 5.69 Å². The molecule has 20 heavy (non-hydrogen) atoms. The molecule has 106 valence electrons. The van der Waals surface area contributed by atoms with Crippen molar-refractivity contribution in [2.75, 3.05) is 11.9 Å². The van der Waals surface area contributed by atoms with E-state index in [0.717, 1.165) is 12.8 Å². The van der Waals surface area contributed by atoms with Gasteiger partial charge in [-0.3, -0.25) is 14.6 Å². The smallest absolute Gasteiger partial charge is 0.249 e. The van der Waals surface area contributed by atoms with Gasteiger partial charge in [-0.15, -0.1) is 0 Å². The van der Waals surface area contributed by atoms with Crippen molar-refractivity contribution in [3.05, 3.63) is 36.7 Å². The Labute approximate surface area is 117 Å². The fraction of sp³-hybridized carbons (Fsp3) is 0.357. The molecule has 1 aromatic heterocycles. The number of ether oxygens (including phenoxy) is 1. The molecule has 1 aromatic rings. The van der Waals surface area contributed by atoms with Gasteiger partial charge >= 0.3 is 0 Å². The monoisotopic (exact) mass is 275 g/mol. The predicted molar refractivity (Wildman–Crippen MR) is 73.9 cm³/mol. The first-order valence-corrected chi connectivity index (χ1v) is 6.46. The van der Waals surface area contributed by atoms with Crippen LogP contribution in [0.25, 0.3) is 0 Å². The Bertz CT molecular complexity index is 510. The standard InChI is InChI=1S/C14H17N3O3/c1-2-13(18)17-10-5-6-15-11(8-10)9-16-14(19)12-4-3-7-20-12/h2,5-6,8,12H,1,3-4,7,9H2,(H,16,19)(H,15,17,18)/t12-/m0/s1. The van der Waals surface area contributed by atoms with Crippen molar-refractivity contribution >= 4 is 17.5 Å². The first kappa shape index (κ1) is 14.2. The van der Waals surface area contributed by atoms with Gasteiger partial charge in [-0.2, -0.15) is 0 Å². The average Bonchev–Trinajstić information content (AvgIpc) is 2.99. The molecule has 2 N–H and O–H groups in total. The van der Waals surface area contributed by atoms with Gasteiger partial charge in [0.1, 0.15) is 6.10 Å². The van der Waals surface area contributed by atoms with E-state index in [1.165, 1.54) is 6.08 Å². The maximum Gasteiger partial charge on any atom is 0.249 e. The number of amides is 2. The van der Waals surface area contributed by atoms with E-state index in [4.69, 9.17) is 4.74 Å². The summed E-state index contributed by atoms with van der Waals surface area (Å²) in [6.45, 7) is 4.32. The van der Waals surface area contributed by atoms with Gasteiger partial charge in [0.25, 0.3) is 0 Å². The highest BCUT2D eigenvalue weighted by Gasteiger charge is 2.23. The number of carbonyl (C=O) groups is 2. The maximum absolute atomic E-state index is 11.8. The molecule has 0 aliphatic carbocycles. The average molecular weight is 275 g/mol. The van der Waals surface area contributed by atoms with Crippen LogP contribution in [-0.4, -0.2) is 29.5 Å². The minimum atomic E-state index is -0.348. The van der Waals surface area contributed by atoms with Crippen molar-refractivity contribution < 1.29 is 14.3 Å². The van der Waals surface area contributed by atoms with Gasteiger partial charge in [-0.25, -0.2) is 0 Å². The number of rotatable bonds is 5. The molecule has 1 fully saturated rings. The molecule has 0 bridgehead atoms. The minimum Gasteiger partial charge on any atom is -0.368 e. The van der Waals surface area contributed by atoms with Gasteiger partial charge in [0.05, 0.1) is 12.2 Å². The topological polar surface area (TPSA) is 80.3 Å². The summed E-state index contributed by atoms with van der Waals surface area (Å²) in [4.78, 5) is 27.1. The highest BCUT2D eigenvalue weighted by atomic mass is 16.5. The summed E-state index contributed by atoms with van der Waals surface area (Å²) in [7, 11) is 0. The van der Waals surface area contributed by atoms with Crippen LogP contribution in [0.2, 0.25) is 0 Å². The molecule has 0 unspecified atom stereocenters. The summed E-state index contributed by atoms with van der Waals surface area (Å²) in [5.74, 6) is -0.407. The molecule has 0 spiro atoms. The molecule has 2 heterocycles. The number of hydrogen-bond donors (Lipinski definition) is 2. The molecule has 0 saturated carbocycles. The number of hydrogen-bond acceptors (Lipinski definition) is 4. The molecular weight excluding hydrogens is 258 g/mol. The Morgan fingerprint density at radius 2 is 2.40 bits per heavy atom. The Hall–Kier alpha value is -2.21. The number of nitrogens with zero attached hydrogens (tertiary/aromatic N) is 1. The van der Waals surface area contributed by atoms with E-state index < -0.39 is 0 Å². The summed E-state index contributed by atoms with van der Waals surface area (Å²) < 4.78 is 5.29. The van der Waals surface area contributed by atoms with Crippen LogP contribution >= 0.6 is 0 Å². The van der Waals surface area contributed by atoms with E-state index in [2.05, 4.69) is 22.2 Å². The minimum absolute atomic E-state index is 0.121. The molecular formula is C14H17N3O3. The normalized spacial score (nSPS) is 17.5. The molecule has 2 amide bonds. The zero-order chi connectivity index (χ0) is 14.4. The number of aromatic nitrogens is 1. The quantitative estimate of drug-likeness (QED) is 0.786. The van der Waals surface area contributed by atoms with Crippen LogP contribution in [0.5, 0.6) is 0 Å². The van der Waals surface area contributed by atoms with E-state index in [0.29, 0.717) is 24.5 Å². The third-order valence-corrected chi connectivity index (χ3v) is 2.94. The summed E-state index contributed by atoms with van der Waals surface area (Å²) in [5.41, 5.74) is 1.28. The van der Waals surface area contributed by atoms with E-state index in [1.54, 1.807) is 18.3 Å². The predicted octanol–water partition coefficient (Wildman–Crippen LogP) is 1.00. The van der Waals surface area contributed by atoms with Gasteiger partial charge in [0.15, 0.2) is 0 Å². The van der Waals surface area contributed by atoms with E-state index in [1.807, 2.05) is 0 Å². The molecule has 6 nitrogen and oxygen atoms in total. The SMILES string of the molecule is C=CC(=O)Nc1ccnc(CNC(=O)[C@@H]2CCCO2)c1. The lowest BCUT2D eigenvalue weighted by atomic mass is 10.2. The second-order valence-corrected chi connectivity index (χ2v) is 4.45. The first-order chi connectivity index (χ1) is 9.69. The van der Waals surface area contributed by atoms with Crippen LogP contribution in [-0.2, 0) is 20.9 Å². The highest BCUT2D eigenvalue weighted by Crippen LogP contribution is 2.12. The molecule has 0 aromatic carbocycles. The molecule has 6 heteroatoms. The van der Waals surface area contributed by atoms with Gasteiger partial charge in [-0.1, -0.05) is 6.58 Å². The second kappa shape index (κ2) is 6.81. The first-order valence-electron chi connectivity index (χ1n) is 6.46. The van der Waals surface area contributed by atoms with Crippen molar-refractivity contribution in [2.24, 2.45) is 0 Å². The zero-order valence-electron chi connectivity index (χ0n) is 11.1. The Kier molecular flexibility index (Phi) is 4.84.